The van der Waals surface area contributed by atoms with Gasteiger partial charge in [0.05, 0.1) is 0 Å². The monoisotopic (exact) mass is 238 g/mol. The van der Waals surface area contributed by atoms with Crippen LogP contribution >= 0.6 is 22.6 Å². The van der Waals surface area contributed by atoms with Crippen LogP contribution in [0.1, 0.15) is 27.2 Å². The van der Waals surface area contributed by atoms with Gasteiger partial charge in [0.2, 0.25) is 0 Å². The Balaban J connectivity index is 3.70. The molecule has 0 heterocycles. The average molecular weight is 238 g/mol. The molecule has 0 amide bonds. The Morgan fingerprint density at radius 2 is 2.00 bits per heavy atom. The minimum absolute atomic E-state index is 0.413. The van der Waals surface area contributed by atoms with E-state index in [4.69, 9.17) is 0 Å². The lowest BCUT2D eigenvalue weighted by molar-refractivity contribution is 0.469. The molecule has 0 bridgehead atoms. The second-order valence-corrected chi connectivity index (χ2v) is 4.01. The first-order valence-electron chi connectivity index (χ1n) is 3.32. The fourth-order valence-electron chi connectivity index (χ4n) is 0.778. The highest BCUT2D eigenvalue weighted by molar-refractivity contribution is 14.1. The Kier molecular flexibility index (Phi) is 4.54. The van der Waals surface area contributed by atoms with Gasteiger partial charge in [-0.3, -0.25) is 0 Å². The first kappa shape index (κ1) is 9.47. The number of alkyl halides is 1. The van der Waals surface area contributed by atoms with Gasteiger partial charge in [0, 0.05) is 4.43 Å². The molecule has 0 aliphatic heterocycles. The van der Waals surface area contributed by atoms with E-state index in [0.29, 0.717) is 5.41 Å². The van der Waals surface area contributed by atoms with Crippen molar-refractivity contribution in [2.24, 2.45) is 5.41 Å². The van der Waals surface area contributed by atoms with E-state index in [1.54, 1.807) is 0 Å². The predicted molar refractivity (Wildman–Crippen MR) is 52.1 cm³/mol. The summed E-state index contributed by atoms with van der Waals surface area (Å²) in [6.45, 7) is 6.62. The molecule has 54 valence electrons. The molecule has 0 aliphatic rings. The molecule has 0 fully saturated rings. The predicted octanol–water partition coefficient (Wildman–Crippen LogP) is 3.41. The molecule has 0 aromatic rings. The third-order valence-corrected chi connectivity index (χ3v) is 1.90. The van der Waals surface area contributed by atoms with Crippen molar-refractivity contribution in [3.8, 4) is 0 Å². The average Bonchev–Trinajstić information content (AvgIpc) is 1.64. The summed E-state index contributed by atoms with van der Waals surface area (Å²) in [6, 6.07) is 0. The molecule has 0 N–H and O–H groups in total. The molecule has 1 heteroatoms. The molecule has 0 aliphatic carbocycles. The van der Waals surface area contributed by atoms with Crippen LogP contribution in [-0.4, -0.2) is 4.43 Å². The molecule has 0 rings (SSSR count). The molecule has 0 aromatic carbocycles. The first-order chi connectivity index (χ1) is 4.12. The number of allylic oxidation sites excluding steroid dienone is 2. The maximum absolute atomic E-state index is 2.42. The zero-order chi connectivity index (χ0) is 7.33. The highest BCUT2D eigenvalue weighted by Crippen LogP contribution is 2.22. The second kappa shape index (κ2) is 4.31. The summed E-state index contributed by atoms with van der Waals surface area (Å²) in [5.74, 6) is 0. The second-order valence-electron chi connectivity index (χ2n) is 2.93. The van der Waals surface area contributed by atoms with Crippen molar-refractivity contribution in [1.82, 2.24) is 0 Å². The fourth-order valence-corrected chi connectivity index (χ4v) is 2.17. The van der Waals surface area contributed by atoms with Crippen LogP contribution < -0.4 is 0 Å². The van der Waals surface area contributed by atoms with Gasteiger partial charge >= 0.3 is 0 Å². The lowest BCUT2D eigenvalue weighted by Gasteiger charge is -2.17. The molecule has 0 aromatic heterocycles. The molecule has 9 heavy (non-hydrogen) atoms. The van der Waals surface area contributed by atoms with Crippen LogP contribution in [0.4, 0.5) is 0 Å². The Labute approximate surface area is 71.9 Å². The van der Waals surface area contributed by atoms with Gasteiger partial charge < -0.3 is 0 Å². The van der Waals surface area contributed by atoms with Crippen molar-refractivity contribution in [3.05, 3.63) is 12.2 Å². The molecular weight excluding hydrogens is 223 g/mol. The summed E-state index contributed by atoms with van der Waals surface area (Å²) in [7, 11) is 0. The zero-order valence-electron chi connectivity index (χ0n) is 6.45. The van der Waals surface area contributed by atoms with Gasteiger partial charge in [0.1, 0.15) is 0 Å². The summed E-state index contributed by atoms with van der Waals surface area (Å²) in [5.41, 5.74) is 0.413. The molecule has 0 spiro atoms. The van der Waals surface area contributed by atoms with E-state index >= 15 is 0 Å². The summed E-state index contributed by atoms with van der Waals surface area (Å²) in [5, 5.41) is 0. The Morgan fingerprint density at radius 3 is 2.33 bits per heavy atom. The Morgan fingerprint density at radius 1 is 1.44 bits per heavy atom. The number of hydrogen-bond acceptors (Lipinski definition) is 0. The van der Waals surface area contributed by atoms with E-state index in [9.17, 15) is 0 Å². The first-order valence-corrected chi connectivity index (χ1v) is 4.85. The van der Waals surface area contributed by atoms with Gasteiger partial charge in [-0.1, -0.05) is 48.6 Å². The van der Waals surface area contributed by atoms with Gasteiger partial charge in [-0.25, -0.2) is 0 Å². The largest absolute Gasteiger partial charge is 0.0911 e. The van der Waals surface area contributed by atoms with Crippen LogP contribution in [0.3, 0.4) is 0 Å². The molecule has 0 nitrogen and oxygen atoms in total. The van der Waals surface area contributed by atoms with Crippen molar-refractivity contribution in [2.75, 3.05) is 4.43 Å². The van der Waals surface area contributed by atoms with E-state index < -0.39 is 0 Å². The van der Waals surface area contributed by atoms with E-state index in [2.05, 4.69) is 55.5 Å². The topological polar surface area (TPSA) is 0 Å². The van der Waals surface area contributed by atoms with Gasteiger partial charge in [-0.05, 0) is 18.8 Å². The summed E-state index contributed by atoms with van der Waals surface area (Å²) < 4.78 is 1.25. The highest BCUT2D eigenvalue weighted by atomic mass is 127. The van der Waals surface area contributed by atoms with Crippen molar-refractivity contribution in [3.63, 3.8) is 0 Å². The summed E-state index contributed by atoms with van der Waals surface area (Å²) in [4.78, 5) is 0. The minimum atomic E-state index is 0.413. The standard InChI is InChI=1S/C8H15I/c1-4-5-8(2,3)6-7-9/h4-5H,6-7H2,1-3H3/b5-4+. The van der Waals surface area contributed by atoms with Gasteiger partial charge in [-0.2, -0.15) is 0 Å². The van der Waals surface area contributed by atoms with Gasteiger partial charge in [0.25, 0.3) is 0 Å². The van der Waals surface area contributed by atoms with Crippen molar-refractivity contribution in [2.45, 2.75) is 27.2 Å². The van der Waals surface area contributed by atoms with E-state index in [0.717, 1.165) is 0 Å². The highest BCUT2D eigenvalue weighted by Gasteiger charge is 2.10. The van der Waals surface area contributed by atoms with Crippen LogP contribution in [0, 0.1) is 5.41 Å². The number of halogens is 1. The number of hydrogen-bond donors (Lipinski definition) is 0. The molecule has 0 radical (unpaired) electrons. The smallest absolute Gasteiger partial charge is 0.000333 e. The molecule has 0 atom stereocenters. The van der Waals surface area contributed by atoms with Crippen LogP contribution in [0.15, 0.2) is 12.2 Å². The van der Waals surface area contributed by atoms with Crippen LogP contribution in [0.25, 0.3) is 0 Å². The third kappa shape index (κ3) is 4.94. The van der Waals surface area contributed by atoms with Crippen LogP contribution in [0.2, 0.25) is 0 Å². The quantitative estimate of drug-likeness (QED) is 0.401. The Bertz CT molecular complexity index is 92.7. The third-order valence-electron chi connectivity index (χ3n) is 1.36. The maximum Gasteiger partial charge on any atom is 0.000333 e. The molecule has 0 saturated carbocycles. The van der Waals surface area contributed by atoms with Gasteiger partial charge in [-0.15, -0.1) is 0 Å². The molecular formula is C8H15I. The zero-order valence-corrected chi connectivity index (χ0v) is 8.60. The maximum atomic E-state index is 2.42. The lowest BCUT2D eigenvalue weighted by Crippen LogP contribution is -2.06. The van der Waals surface area contributed by atoms with Crippen molar-refractivity contribution >= 4 is 22.6 Å². The van der Waals surface area contributed by atoms with Gasteiger partial charge in [0.15, 0.2) is 0 Å². The van der Waals surface area contributed by atoms with Crippen molar-refractivity contribution < 1.29 is 0 Å². The van der Waals surface area contributed by atoms with E-state index in [1.165, 1.54) is 10.8 Å². The molecule has 0 unspecified atom stereocenters. The summed E-state index contributed by atoms with van der Waals surface area (Å²) in [6.07, 6.45) is 5.68. The van der Waals surface area contributed by atoms with Crippen LogP contribution in [0.5, 0.6) is 0 Å². The fraction of sp³-hybridized carbons (Fsp3) is 0.750. The van der Waals surface area contributed by atoms with E-state index in [1.807, 2.05) is 0 Å². The SMILES string of the molecule is C/C=C/C(C)(C)CCI. The number of rotatable bonds is 3. The van der Waals surface area contributed by atoms with E-state index in [-0.39, 0.29) is 0 Å². The van der Waals surface area contributed by atoms with Crippen LogP contribution in [-0.2, 0) is 0 Å². The minimum Gasteiger partial charge on any atom is -0.0911 e. The molecule has 0 saturated heterocycles. The normalized spacial score (nSPS) is 12.9. The summed E-state index contributed by atoms with van der Waals surface area (Å²) >= 11 is 2.42. The van der Waals surface area contributed by atoms with Crippen molar-refractivity contribution in [1.29, 1.82) is 0 Å². The lowest BCUT2D eigenvalue weighted by atomic mass is 9.90. The Hall–Kier alpha value is 0.470.